The number of hydrogen-bond donors (Lipinski definition) is 3. The standard InChI is InChI=1S/C26H29F4N5O3S/c1-34-11-9-21(20(27)14-34)33-23-15-35(16-26(28,29)30)24-12-17(5-7-19(23)24)4-3-10-32-22-8-6-18(39(31,36)37)13-25(22)38-2/h5-8,12-13,15,20-21,32-33H,9-11,14,16H2,1-2H3,(H2,31,36,37)/t20-,21-/m0/s1. The highest BCUT2D eigenvalue weighted by atomic mass is 32.2. The second kappa shape index (κ2) is 11.3. The van der Waals surface area contributed by atoms with Gasteiger partial charge >= 0.3 is 6.18 Å². The molecular weight excluding hydrogens is 538 g/mol. The SMILES string of the molecule is COc1cc(S(N)(=O)=O)ccc1NCC#Cc1ccc2c(N[C@H]3CCN(C)C[C@@H]3F)cn(CC(F)(F)F)c2c1. The van der Waals surface area contributed by atoms with Gasteiger partial charge in [0.05, 0.1) is 41.5 Å². The number of anilines is 2. The van der Waals surface area contributed by atoms with Gasteiger partial charge in [0.15, 0.2) is 0 Å². The maximum absolute atomic E-state index is 14.6. The van der Waals surface area contributed by atoms with Crippen LogP contribution >= 0.6 is 0 Å². The number of primary sulfonamides is 1. The van der Waals surface area contributed by atoms with Crippen LogP contribution < -0.4 is 20.5 Å². The van der Waals surface area contributed by atoms with Gasteiger partial charge in [-0.15, -0.1) is 0 Å². The topological polar surface area (TPSA) is 102 Å². The summed E-state index contributed by atoms with van der Waals surface area (Å²) in [7, 11) is -0.678. The van der Waals surface area contributed by atoms with Gasteiger partial charge in [0.25, 0.3) is 0 Å². The molecule has 3 aromatic rings. The number of hydrogen-bond acceptors (Lipinski definition) is 6. The molecule has 4 N–H and O–H groups in total. The van der Waals surface area contributed by atoms with Crippen molar-refractivity contribution in [2.45, 2.75) is 36.3 Å². The van der Waals surface area contributed by atoms with E-state index in [1.807, 2.05) is 11.9 Å². The number of benzene rings is 2. The number of sulfonamides is 1. The molecule has 1 saturated heterocycles. The van der Waals surface area contributed by atoms with Crippen molar-refractivity contribution < 1.29 is 30.7 Å². The molecule has 0 bridgehead atoms. The molecule has 8 nitrogen and oxygen atoms in total. The summed E-state index contributed by atoms with van der Waals surface area (Å²) in [5.74, 6) is 6.08. The van der Waals surface area contributed by atoms with Crippen LogP contribution in [0.5, 0.6) is 5.75 Å². The summed E-state index contributed by atoms with van der Waals surface area (Å²) < 4.78 is 83.9. The minimum Gasteiger partial charge on any atom is -0.495 e. The van der Waals surface area contributed by atoms with Gasteiger partial charge in [0.2, 0.25) is 10.0 Å². The Morgan fingerprint density at radius 2 is 1.95 bits per heavy atom. The van der Waals surface area contributed by atoms with E-state index in [2.05, 4.69) is 22.5 Å². The summed E-state index contributed by atoms with van der Waals surface area (Å²) in [6.45, 7) is -0.0954. The monoisotopic (exact) mass is 567 g/mol. The van der Waals surface area contributed by atoms with Gasteiger partial charge in [-0.3, -0.25) is 0 Å². The van der Waals surface area contributed by atoms with Crippen molar-refractivity contribution in [2.24, 2.45) is 5.14 Å². The predicted octanol–water partition coefficient (Wildman–Crippen LogP) is 3.78. The van der Waals surface area contributed by atoms with Gasteiger partial charge in [-0.25, -0.2) is 17.9 Å². The fourth-order valence-corrected chi connectivity index (χ4v) is 5.04. The fourth-order valence-electron chi connectivity index (χ4n) is 4.51. The van der Waals surface area contributed by atoms with Crippen LogP contribution in [-0.4, -0.2) is 70.1 Å². The van der Waals surface area contributed by atoms with Crippen LogP contribution in [0.1, 0.15) is 12.0 Å². The predicted molar refractivity (Wildman–Crippen MR) is 142 cm³/mol. The van der Waals surface area contributed by atoms with Crippen molar-refractivity contribution in [3.63, 3.8) is 0 Å². The van der Waals surface area contributed by atoms with Gasteiger partial charge in [-0.05, 0) is 43.8 Å². The molecule has 4 rings (SSSR count). The Kier molecular flexibility index (Phi) is 8.29. The number of rotatable bonds is 7. The van der Waals surface area contributed by atoms with Crippen molar-refractivity contribution in [1.29, 1.82) is 0 Å². The van der Waals surface area contributed by atoms with Crippen LogP contribution in [0.2, 0.25) is 0 Å². The van der Waals surface area contributed by atoms with E-state index in [9.17, 15) is 26.0 Å². The Bertz CT molecular complexity index is 1510. The first-order chi connectivity index (χ1) is 18.3. The minimum absolute atomic E-state index is 0.0992. The molecule has 39 heavy (non-hydrogen) atoms. The molecule has 1 aliphatic heterocycles. The number of aromatic nitrogens is 1. The highest BCUT2D eigenvalue weighted by molar-refractivity contribution is 7.89. The first-order valence-corrected chi connectivity index (χ1v) is 13.6. The third kappa shape index (κ3) is 7.14. The average molecular weight is 568 g/mol. The second-order valence-corrected chi connectivity index (χ2v) is 11.0. The average Bonchev–Trinajstić information content (AvgIpc) is 3.17. The van der Waals surface area contributed by atoms with E-state index in [0.29, 0.717) is 40.8 Å². The Labute approximate surface area is 224 Å². The zero-order valence-electron chi connectivity index (χ0n) is 21.3. The largest absolute Gasteiger partial charge is 0.495 e. The van der Waals surface area contributed by atoms with Crippen LogP contribution in [0, 0.1) is 11.8 Å². The number of nitrogens with zero attached hydrogens (tertiary/aromatic N) is 2. The Hall–Kier alpha value is -3.47. The first kappa shape index (κ1) is 28.5. The molecule has 0 saturated carbocycles. The second-order valence-electron chi connectivity index (χ2n) is 9.40. The van der Waals surface area contributed by atoms with Gasteiger partial charge in [-0.2, -0.15) is 13.2 Å². The summed E-state index contributed by atoms with van der Waals surface area (Å²) >= 11 is 0. The van der Waals surface area contributed by atoms with Crippen LogP contribution in [0.25, 0.3) is 10.9 Å². The van der Waals surface area contributed by atoms with Crippen molar-refractivity contribution >= 4 is 32.3 Å². The Morgan fingerprint density at radius 3 is 2.62 bits per heavy atom. The number of halogens is 4. The molecule has 1 aromatic heterocycles. The van der Waals surface area contributed by atoms with E-state index in [-0.39, 0.29) is 23.7 Å². The van der Waals surface area contributed by atoms with Gasteiger partial charge < -0.3 is 24.8 Å². The van der Waals surface area contributed by atoms with E-state index < -0.39 is 35.0 Å². The zero-order chi connectivity index (χ0) is 28.4. The number of nitrogens with two attached hydrogens (primary N) is 1. The molecule has 2 aromatic carbocycles. The summed E-state index contributed by atoms with van der Waals surface area (Å²) in [6, 6.07) is 8.57. The lowest BCUT2D eigenvalue weighted by Crippen LogP contribution is -2.46. The van der Waals surface area contributed by atoms with Gasteiger partial charge in [0.1, 0.15) is 18.5 Å². The first-order valence-electron chi connectivity index (χ1n) is 12.1. The lowest BCUT2D eigenvalue weighted by atomic mass is 10.0. The summed E-state index contributed by atoms with van der Waals surface area (Å²) in [5, 5.41) is 11.8. The van der Waals surface area contributed by atoms with Crippen molar-refractivity contribution in [2.75, 3.05) is 44.4 Å². The van der Waals surface area contributed by atoms with E-state index in [1.165, 1.54) is 31.5 Å². The Balaban J connectivity index is 1.54. The number of ether oxygens (including phenoxy) is 1. The maximum atomic E-state index is 14.6. The van der Waals surface area contributed by atoms with E-state index in [1.54, 1.807) is 18.2 Å². The van der Waals surface area contributed by atoms with E-state index in [0.717, 1.165) is 4.57 Å². The smallest absolute Gasteiger partial charge is 0.406 e. The molecule has 1 aliphatic rings. The minimum atomic E-state index is -4.44. The number of methoxy groups -OCH3 is 1. The molecule has 1 fully saturated rings. The molecule has 0 radical (unpaired) electrons. The number of likely N-dealkylation sites (tertiary alicyclic amines) is 1. The molecule has 0 amide bonds. The molecule has 13 heteroatoms. The van der Waals surface area contributed by atoms with Crippen molar-refractivity contribution in [1.82, 2.24) is 9.47 Å². The summed E-state index contributed by atoms with van der Waals surface area (Å²) in [5.41, 5.74) is 1.77. The Morgan fingerprint density at radius 1 is 1.18 bits per heavy atom. The molecule has 2 heterocycles. The number of nitrogens with one attached hydrogen (secondary N) is 2. The van der Waals surface area contributed by atoms with Gasteiger partial charge in [-0.1, -0.05) is 11.8 Å². The molecular formula is C26H29F4N5O3S. The molecule has 0 unspecified atom stereocenters. The van der Waals surface area contributed by atoms with E-state index >= 15 is 0 Å². The highest BCUT2D eigenvalue weighted by Crippen LogP contribution is 2.32. The van der Waals surface area contributed by atoms with Crippen LogP contribution in [0.15, 0.2) is 47.5 Å². The summed E-state index contributed by atoms with van der Waals surface area (Å²) in [4.78, 5) is 1.78. The normalized spacial score (nSPS) is 18.4. The highest BCUT2D eigenvalue weighted by Gasteiger charge is 2.31. The molecule has 0 spiro atoms. The third-order valence-corrected chi connectivity index (χ3v) is 7.33. The fraction of sp³-hybridized carbons (Fsp3) is 0.385. The lowest BCUT2D eigenvalue weighted by Gasteiger charge is -2.33. The number of fused-ring (bicyclic) bond motifs is 1. The molecule has 2 atom stereocenters. The lowest BCUT2D eigenvalue weighted by molar-refractivity contribution is -0.139. The van der Waals surface area contributed by atoms with Gasteiger partial charge in [0, 0.05) is 36.3 Å². The zero-order valence-corrected chi connectivity index (χ0v) is 22.2. The third-order valence-electron chi connectivity index (χ3n) is 6.42. The molecule has 210 valence electrons. The summed E-state index contributed by atoms with van der Waals surface area (Å²) in [6.07, 6.45) is -3.67. The molecule has 0 aliphatic carbocycles. The maximum Gasteiger partial charge on any atom is 0.406 e. The van der Waals surface area contributed by atoms with Crippen molar-refractivity contribution in [3.8, 4) is 17.6 Å². The number of piperidine rings is 1. The van der Waals surface area contributed by atoms with Crippen LogP contribution in [0.4, 0.5) is 28.9 Å². The van der Waals surface area contributed by atoms with E-state index in [4.69, 9.17) is 9.88 Å². The number of alkyl halides is 4. The van der Waals surface area contributed by atoms with Crippen LogP contribution in [0.3, 0.4) is 0 Å². The quantitative estimate of drug-likeness (QED) is 0.297. The van der Waals surface area contributed by atoms with Crippen molar-refractivity contribution in [3.05, 3.63) is 48.2 Å². The van der Waals surface area contributed by atoms with Crippen LogP contribution in [-0.2, 0) is 16.6 Å².